The van der Waals surface area contributed by atoms with Crippen LogP contribution in [0.1, 0.15) is 37.9 Å². The van der Waals surface area contributed by atoms with Crippen LogP contribution in [0, 0.1) is 0 Å². The Bertz CT molecular complexity index is 352. The van der Waals surface area contributed by atoms with Crippen molar-refractivity contribution >= 4 is 0 Å². The topological polar surface area (TPSA) is 42.2 Å². The minimum Gasteiger partial charge on any atom is -0.425 e. The minimum atomic E-state index is -0.297. The van der Waals surface area contributed by atoms with Gasteiger partial charge in [0.1, 0.15) is 0 Å². The lowest BCUT2D eigenvalue weighted by Gasteiger charge is -2.10. The Morgan fingerprint density at radius 1 is 1.46 bits per heavy atom. The Labute approximate surface area is 77.6 Å². The zero-order chi connectivity index (χ0) is 10.0. The van der Waals surface area contributed by atoms with Crippen molar-refractivity contribution in [3.8, 4) is 0 Å². The van der Waals surface area contributed by atoms with Crippen molar-refractivity contribution in [3.05, 3.63) is 33.7 Å². The zero-order valence-electron chi connectivity index (χ0n) is 8.24. The Hall–Kier alpha value is -1.25. The predicted molar refractivity (Wildman–Crippen MR) is 51.4 cm³/mol. The van der Waals surface area contributed by atoms with Gasteiger partial charge in [-0.2, -0.15) is 4.73 Å². The quantitative estimate of drug-likeness (QED) is 0.706. The Kier molecular flexibility index (Phi) is 2.76. The first-order chi connectivity index (χ1) is 6.07. The molecule has 0 aliphatic carbocycles. The number of rotatable bonds is 2. The first-order valence-corrected chi connectivity index (χ1v) is 4.52. The van der Waals surface area contributed by atoms with Crippen LogP contribution in [-0.4, -0.2) is 9.94 Å². The van der Waals surface area contributed by atoms with Crippen LogP contribution in [0.3, 0.4) is 0 Å². The molecule has 1 N–H and O–H groups in total. The molecule has 0 bridgehead atoms. The van der Waals surface area contributed by atoms with E-state index >= 15 is 0 Å². The standard InChI is InChI=1S/C10H15NO2/c1-4-8-5-6-9(7(2)3)11(13)10(8)12/h5-7,13H,4H2,1-3H3. The summed E-state index contributed by atoms with van der Waals surface area (Å²) < 4.78 is 0.753. The molecule has 3 heteroatoms. The summed E-state index contributed by atoms with van der Waals surface area (Å²) in [6.45, 7) is 5.77. The summed E-state index contributed by atoms with van der Waals surface area (Å²) in [5, 5.41) is 9.48. The number of aromatic nitrogens is 1. The summed E-state index contributed by atoms with van der Waals surface area (Å²) in [4.78, 5) is 11.4. The fraction of sp³-hybridized carbons (Fsp3) is 0.500. The molecule has 0 saturated carbocycles. The van der Waals surface area contributed by atoms with E-state index in [-0.39, 0.29) is 11.5 Å². The average molecular weight is 181 g/mol. The molecular weight excluding hydrogens is 166 g/mol. The van der Waals surface area contributed by atoms with Gasteiger partial charge in [-0.1, -0.05) is 26.8 Å². The third-order valence-electron chi connectivity index (χ3n) is 2.14. The summed E-state index contributed by atoms with van der Waals surface area (Å²) in [6, 6.07) is 3.58. The molecule has 0 fully saturated rings. The molecular formula is C10H15NO2. The molecule has 0 aliphatic rings. The van der Waals surface area contributed by atoms with Crippen molar-refractivity contribution in [1.82, 2.24) is 4.73 Å². The second-order valence-corrected chi connectivity index (χ2v) is 3.41. The minimum absolute atomic E-state index is 0.156. The van der Waals surface area contributed by atoms with E-state index in [1.807, 2.05) is 20.8 Å². The number of pyridine rings is 1. The average Bonchev–Trinajstić information content (AvgIpc) is 2.09. The third-order valence-corrected chi connectivity index (χ3v) is 2.14. The Morgan fingerprint density at radius 3 is 2.54 bits per heavy atom. The lowest BCUT2D eigenvalue weighted by atomic mass is 10.1. The number of aryl methyl sites for hydroxylation is 1. The predicted octanol–water partition coefficient (Wildman–Crippen LogP) is 1.77. The van der Waals surface area contributed by atoms with Crippen molar-refractivity contribution in [2.45, 2.75) is 33.1 Å². The van der Waals surface area contributed by atoms with Crippen molar-refractivity contribution in [3.63, 3.8) is 0 Å². The SMILES string of the molecule is CCc1ccc(C(C)C)n(O)c1=O. The largest absolute Gasteiger partial charge is 0.425 e. The van der Waals surface area contributed by atoms with Gasteiger partial charge in [-0.3, -0.25) is 4.79 Å². The smallest absolute Gasteiger partial charge is 0.286 e. The zero-order valence-corrected chi connectivity index (χ0v) is 8.24. The van der Waals surface area contributed by atoms with Crippen LogP contribution in [0.15, 0.2) is 16.9 Å². The molecule has 0 unspecified atom stereocenters. The van der Waals surface area contributed by atoms with Crippen LogP contribution >= 0.6 is 0 Å². The lowest BCUT2D eigenvalue weighted by Crippen LogP contribution is -2.24. The molecule has 1 heterocycles. The van der Waals surface area contributed by atoms with E-state index in [0.29, 0.717) is 17.7 Å². The number of hydrogen-bond donors (Lipinski definition) is 1. The van der Waals surface area contributed by atoms with E-state index in [9.17, 15) is 10.0 Å². The molecule has 72 valence electrons. The van der Waals surface area contributed by atoms with Crippen LogP contribution in [-0.2, 0) is 6.42 Å². The van der Waals surface area contributed by atoms with Crippen molar-refractivity contribution in [2.24, 2.45) is 0 Å². The molecule has 0 aliphatic heterocycles. The van der Waals surface area contributed by atoms with Crippen molar-refractivity contribution in [1.29, 1.82) is 0 Å². The van der Waals surface area contributed by atoms with E-state index in [4.69, 9.17) is 0 Å². The van der Waals surface area contributed by atoms with Crippen LogP contribution < -0.4 is 5.56 Å². The molecule has 1 rings (SSSR count). The molecule has 0 atom stereocenters. The van der Waals surface area contributed by atoms with Gasteiger partial charge in [-0.15, -0.1) is 0 Å². The van der Waals surface area contributed by atoms with Gasteiger partial charge in [-0.05, 0) is 18.4 Å². The third kappa shape index (κ3) is 1.74. The highest BCUT2D eigenvalue weighted by molar-refractivity contribution is 5.17. The molecule has 0 saturated heterocycles. The molecule has 1 aromatic heterocycles. The van der Waals surface area contributed by atoms with Crippen LogP contribution in [0.2, 0.25) is 0 Å². The van der Waals surface area contributed by atoms with Gasteiger partial charge in [0.2, 0.25) is 0 Å². The van der Waals surface area contributed by atoms with Gasteiger partial charge < -0.3 is 5.21 Å². The van der Waals surface area contributed by atoms with Gasteiger partial charge in [0.15, 0.2) is 0 Å². The van der Waals surface area contributed by atoms with E-state index in [1.165, 1.54) is 0 Å². The summed E-state index contributed by atoms with van der Waals surface area (Å²) in [6.07, 6.45) is 0.651. The van der Waals surface area contributed by atoms with Crippen LogP contribution in [0.5, 0.6) is 0 Å². The van der Waals surface area contributed by atoms with Crippen molar-refractivity contribution < 1.29 is 5.21 Å². The molecule has 3 nitrogen and oxygen atoms in total. The van der Waals surface area contributed by atoms with Gasteiger partial charge in [0.25, 0.3) is 5.56 Å². The first-order valence-electron chi connectivity index (χ1n) is 4.52. The number of hydrogen-bond acceptors (Lipinski definition) is 2. The normalized spacial score (nSPS) is 10.8. The molecule has 0 aromatic carbocycles. The van der Waals surface area contributed by atoms with E-state index < -0.39 is 0 Å². The van der Waals surface area contributed by atoms with Crippen molar-refractivity contribution in [2.75, 3.05) is 0 Å². The molecule has 0 amide bonds. The van der Waals surface area contributed by atoms with Gasteiger partial charge >= 0.3 is 0 Å². The second-order valence-electron chi connectivity index (χ2n) is 3.41. The maximum atomic E-state index is 11.4. The fourth-order valence-corrected chi connectivity index (χ4v) is 1.29. The van der Waals surface area contributed by atoms with Crippen LogP contribution in [0.25, 0.3) is 0 Å². The molecule has 0 radical (unpaired) electrons. The molecule has 1 aromatic rings. The maximum absolute atomic E-state index is 11.4. The summed E-state index contributed by atoms with van der Waals surface area (Å²) in [7, 11) is 0. The highest BCUT2D eigenvalue weighted by atomic mass is 16.5. The Morgan fingerprint density at radius 2 is 2.08 bits per heavy atom. The van der Waals surface area contributed by atoms with E-state index in [1.54, 1.807) is 12.1 Å². The first kappa shape index (κ1) is 9.84. The van der Waals surface area contributed by atoms with E-state index in [0.717, 1.165) is 4.73 Å². The van der Waals surface area contributed by atoms with Gasteiger partial charge in [-0.25, -0.2) is 0 Å². The highest BCUT2D eigenvalue weighted by Crippen LogP contribution is 2.11. The summed E-state index contributed by atoms with van der Waals surface area (Å²) >= 11 is 0. The Balaban J connectivity index is 3.32. The van der Waals surface area contributed by atoms with Gasteiger partial charge in [0, 0.05) is 5.56 Å². The summed E-state index contributed by atoms with van der Waals surface area (Å²) in [5.41, 5.74) is 1.00. The second kappa shape index (κ2) is 3.64. The number of nitrogens with zero attached hydrogens (tertiary/aromatic N) is 1. The molecule has 0 spiro atoms. The van der Waals surface area contributed by atoms with Gasteiger partial charge in [0.05, 0.1) is 5.69 Å². The molecule has 13 heavy (non-hydrogen) atoms. The monoisotopic (exact) mass is 181 g/mol. The fourth-order valence-electron chi connectivity index (χ4n) is 1.29. The maximum Gasteiger partial charge on any atom is 0.286 e. The van der Waals surface area contributed by atoms with E-state index in [2.05, 4.69) is 0 Å². The summed E-state index contributed by atoms with van der Waals surface area (Å²) in [5.74, 6) is 0.156. The van der Waals surface area contributed by atoms with Crippen LogP contribution in [0.4, 0.5) is 0 Å². The lowest BCUT2D eigenvalue weighted by molar-refractivity contribution is 0.161. The highest BCUT2D eigenvalue weighted by Gasteiger charge is 2.08.